The van der Waals surface area contributed by atoms with Crippen LogP contribution in [0.3, 0.4) is 0 Å². The molecule has 7 nitrogen and oxygen atoms in total. The molecule has 1 aliphatic heterocycles. The largest absolute Gasteiger partial charge is 0.268 e. The Hall–Kier alpha value is -3.78. The molecular formula is C22H16N2O5S. The van der Waals surface area contributed by atoms with Gasteiger partial charge in [-0.15, -0.1) is 0 Å². The number of fused-ring (bicyclic) bond motifs is 1. The minimum atomic E-state index is -3.76. The molecule has 0 saturated heterocycles. The van der Waals surface area contributed by atoms with Crippen LogP contribution in [-0.4, -0.2) is 32.4 Å². The molecule has 3 aromatic rings. The lowest BCUT2D eigenvalue weighted by Crippen LogP contribution is -2.30. The van der Waals surface area contributed by atoms with E-state index in [4.69, 9.17) is 0 Å². The number of sulfonamides is 1. The van der Waals surface area contributed by atoms with Crippen molar-refractivity contribution in [3.8, 4) is 11.1 Å². The van der Waals surface area contributed by atoms with E-state index in [2.05, 4.69) is 0 Å². The van der Waals surface area contributed by atoms with Gasteiger partial charge in [-0.1, -0.05) is 42.5 Å². The number of nitrogens with zero attached hydrogens (tertiary/aromatic N) is 1. The fourth-order valence-electron chi connectivity index (χ4n) is 3.30. The summed E-state index contributed by atoms with van der Waals surface area (Å²) in [5.74, 6) is -1.95. The molecule has 8 heteroatoms. The number of rotatable bonds is 4. The molecule has 0 fully saturated rings. The van der Waals surface area contributed by atoms with Gasteiger partial charge in [-0.2, -0.15) is 0 Å². The first-order valence-corrected chi connectivity index (χ1v) is 10.8. The molecule has 0 aromatic heterocycles. The Bertz CT molecular complexity index is 1300. The Balaban J connectivity index is 1.70. The summed E-state index contributed by atoms with van der Waals surface area (Å²) in [5.41, 5.74) is 2.37. The van der Waals surface area contributed by atoms with E-state index in [1.54, 1.807) is 18.2 Å². The first-order chi connectivity index (χ1) is 14.2. The maximum absolute atomic E-state index is 13.0. The van der Waals surface area contributed by atoms with Crippen molar-refractivity contribution < 1.29 is 22.8 Å². The molecule has 3 aromatic carbocycles. The van der Waals surface area contributed by atoms with Crippen LogP contribution in [0.1, 0.15) is 31.1 Å². The van der Waals surface area contributed by atoms with Gasteiger partial charge in [-0.25, -0.2) is 18.0 Å². The monoisotopic (exact) mass is 420 g/mol. The molecule has 0 unspecified atom stereocenters. The summed E-state index contributed by atoms with van der Waals surface area (Å²) >= 11 is 0. The van der Waals surface area contributed by atoms with E-state index in [0.29, 0.717) is 5.69 Å². The molecule has 3 amide bonds. The molecule has 1 aliphatic rings. The Kier molecular flexibility index (Phi) is 4.71. The molecule has 1 N–H and O–H groups in total. The topological polar surface area (TPSA) is 101 Å². The summed E-state index contributed by atoms with van der Waals surface area (Å²) in [6, 6.07) is 20.5. The molecule has 0 atom stereocenters. The number of carbonyl (C=O) groups is 3. The molecule has 1 heterocycles. The molecular weight excluding hydrogens is 404 g/mol. The van der Waals surface area contributed by atoms with Crippen LogP contribution in [-0.2, 0) is 10.0 Å². The fraction of sp³-hybridized carbons (Fsp3) is 0.0455. The molecule has 0 saturated carbocycles. The number of amides is 3. The van der Waals surface area contributed by atoms with Gasteiger partial charge in [0.25, 0.3) is 17.7 Å². The van der Waals surface area contributed by atoms with Crippen LogP contribution in [0, 0.1) is 0 Å². The van der Waals surface area contributed by atoms with Crippen molar-refractivity contribution in [1.82, 2.24) is 4.72 Å². The summed E-state index contributed by atoms with van der Waals surface area (Å²) in [7, 11) is -3.76. The van der Waals surface area contributed by atoms with Crippen LogP contribution >= 0.6 is 0 Å². The summed E-state index contributed by atoms with van der Waals surface area (Å²) in [6.45, 7) is 0. The second-order valence-corrected chi connectivity index (χ2v) is 8.57. The second kappa shape index (κ2) is 7.23. The third-order valence-electron chi connectivity index (χ3n) is 4.64. The van der Waals surface area contributed by atoms with E-state index in [-0.39, 0.29) is 16.7 Å². The molecule has 0 aliphatic carbocycles. The zero-order chi connectivity index (χ0) is 21.5. The van der Waals surface area contributed by atoms with Gasteiger partial charge < -0.3 is 0 Å². The quantitative estimate of drug-likeness (QED) is 0.654. The number of benzene rings is 3. The standard InChI is InChI=1S/C22H16N2O5S/c1-30(28,29)23-20(25)16-10-11-18-19(13-16)22(27)24(21(18)26)17-9-5-8-15(12-17)14-6-3-2-4-7-14/h2-13H,1H3,(H,23,25). The van der Waals surface area contributed by atoms with Crippen molar-refractivity contribution >= 4 is 33.4 Å². The average molecular weight is 420 g/mol. The third-order valence-corrected chi connectivity index (χ3v) is 5.19. The van der Waals surface area contributed by atoms with Crippen LogP contribution in [0.4, 0.5) is 5.69 Å². The highest BCUT2D eigenvalue weighted by molar-refractivity contribution is 7.89. The summed E-state index contributed by atoms with van der Waals surface area (Å²) < 4.78 is 24.4. The fourth-order valence-corrected chi connectivity index (χ4v) is 3.75. The lowest BCUT2D eigenvalue weighted by Gasteiger charge is -2.15. The predicted molar refractivity (Wildman–Crippen MR) is 112 cm³/mol. The van der Waals surface area contributed by atoms with Crippen molar-refractivity contribution in [3.63, 3.8) is 0 Å². The first kappa shape index (κ1) is 19.5. The van der Waals surface area contributed by atoms with Gasteiger partial charge in [-0.05, 0) is 41.5 Å². The third kappa shape index (κ3) is 3.60. The van der Waals surface area contributed by atoms with Crippen LogP contribution < -0.4 is 9.62 Å². The SMILES string of the molecule is CS(=O)(=O)NC(=O)c1ccc2c(c1)C(=O)N(c1cccc(-c3ccccc3)c1)C2=O. The zero-order valence-corrected chi connectivity index (χ0v) is 16.6. The lowest BCUT2D eigenvalue weighted by molar-refractivity contribution is 0.0924. The number of hydrogen-bond acceptors (Lipinski definition) is 5. The molecule has 0 bridgehead atoms. The minimum absolute atomic E-state index is 0.0276. The van der Waals surface area contributed by atoms with Crippen LogP contribution in [0.25, 0.3) is 11.1 Å². The molecule has 150 valence electrons. The Labute approximate surface area is 173 Å². The van der Waals surface area contributed by atoms with Crippen molar-refractivity contribution in [2.45, 2.75) is 0 Å². The number of anilines is 1. The Morgan fingerprint density at radius 2 is 1.47 bits per heavy atom. The van der Waals surface area contributed by atoms with Crippen LogP contribution in [0.5, 0.6) is 0 Å². The normalized spacial score (nSPS) is 13.3. The number of imide groups is 1. The van der Waals surface area contributed by atoms with E-state index in [9.17, 15) is 22.8 Å². The van der Waals surface area contributed by atoms with Crippen LogP contribution in [0.15, 0.2) is 72.8 Å². The molecule has 4 rings (SSSR count). The van der Waals surface area contributed by atoms with Crippen LogP contribution in [0.2, 0.25) is 0 Å². The van der Waals surface area contributed by atoms with Gasteiger partial charge in [0.2, 0.25) is 10.0 Å². The smallest absolute Gasteiger partial charge is 0.266 e. The lowest BCUT2D eigenvalue weighted by atomic mass is 10.0. The maximum Gasteiger partial charge on any atom is 0.266 e. The summed E-state index contributed by atoms with van der Waals surface area (Å²) in [6.07, 6.45) is 0.856. The highest BCUT2D eigenvalue weighted by atomic mass is 32.2. The zero-order valence-electron chi connectivity index (χ0n) is 15.8. The minimum Gasteiger partial charge on any atom is -0.268 e. The van der Waals surface area contributed by atoms with Crippen molar-refractivity contribution in [1.29, 1.82) is 0 Å². The van der Waals surface area contributed by atoms with E-state index in [1.807, 2.05) is 41.1 Å². The Morgan fingerprint density at radius 1 is 0.800 bits per heavy atom. The van der Waals surface area contributed by atoms with E-state index < -0.39 is 27.7 Å². The van der Waals surface area contributed by atoms with Gasteiger partial charge in [0.15, 0.2) is 0 Å². The molecule has 0 radical (unpaired) electrons. The second-order valence-electron chi connectivity index (χ2n) is 6.83. The summed E-state index contributed by atoms with van der Waals surface area (Å²) in [5, 5.41) is 0. The Morgan fingerprint density at radius 3 is 2.17 bits per heavy atom. The number of hydrogen-bond donors (Lipinski definition) is 1. The van der Waals surface area contributed by atoms with E-state index >= 15 is 0 Å². The van der Waals surface area contributed by atoms with Gasteiger partial charge in [0.1, 0.15) is 0 Å². The molecule has 30 heavy (non-hydrogen) atoms. The van der Waals surface area contributed by atoms with Crippen molar-refractivity contribution in [2.75, 3.05) is 11.2 Å². The maximum atomic E-state index is 13.0. The van der Waals surface area contributed by atoms with Gasteiger partial charge in [0.05, 0.1) is 23.1 Å². The number of carbonyl (C=O) groups excluding carboxylic acids is 3. The van der Waals surface area contributed by atoms with Gasteiger partial charge in [0, 0.05) is 5.56 Å². The average Bonchev–Trinajstić information content (AvgIpc) is 2.97. The van der Waals surface area contributed by atoms with Gasteiger partial charge in [-0.3, -0.25) is 14.4 Å². The highest BCUT2D eigenvalue weighted by Gasteiger charge is 2.37. The van der Waals surface area contributed by atoms with Gasteiger partial charge >= 0.3 is 0 Å². The van der Waals surface area contributed by atoms with Crippen molar-refractivity contribution in [2.24, 2.45) is 0 Å². The van der Waals surface area contributed by atoms with Crippen molar-refractivity contribution in [3.05, 3.63) is 89.5 Å². The predicted octanol–water partition coefficient (Wildman–Crippen LogP) is 2.84. The molecule has 0 spiro atoms. The number of nitrogens with one attached hydrogen (secondary N) is 1. The highest BCUT2D eigenvalue weighted by Crippen LogP contribution is 2.31. The summed E-state index contributed by atoms with van der Waals surface area (Å²) in [4.78, 5) is 39.0. The first-order valence-electron chi connectivity index (χ1n) is 8.95. The van der Waals surface area contributed by atoms with E-state index in [0.717, 1.165) is 22.3 Å². The van der Waals surface area contributed by atoms with E-state index in [1.165, 1.54) is 18.2 Å².